The SMILES string of the molecule is C=C1/C=C\C=C(\N(c2ccc(-c3ccc4c(c3)C(C)(C)c3ccccc3-4)cc2)c2cccc3c2-c2ccccc2C3)Cc2cc(-c3ccc4c(c3)c3ccccc3n4-c3ccccc3)ccc2O1. The maximum atomic E-state index is 6.54. The fourth-order valence-corrected chi connectivity index (χ4v) is 11.4. The topological polar surface area (TPSA) is 17.4 Å². The van der Waals surface area contributed by atoms with E-state index in [0.29, 0.717) is 12.2 Å². The van der Waals surface area contributed by atoms with Gasteiger partial charge in [-0.15, -0.1) is 0 Å². The summed E-state index contributed by atoms with van der Waals surface area (Å²) in [6.45, 7) is 9.01. The van der Waals surface area contributed by atoms with E-state index in [0.717, 1.165) is 51.6 Å². The van der Waals surface area contributed by atoms with Crippen molar-refractivity contribution in [2.24, 2.45) is 0 Å². The van der Waals surface area contributed by atoms with Crippen molar-refractivity contribution in [2.75, 3.05) is 4.90 Å². The third kappa shape index (κ3) is 6.42. The van der Waals surface area contributed by atoms with Gasteiger partial charge in [-0.1, -0.05) is 160 Å². The van der Waals surface area contributed by atoms with Gasteiger partial charge in [-0.2, -0.15) is 0 Å². The van der Waals surface area contributed by atoms with Crippen LogP contribution < -0.4 is 9.64 Å². The summed E-state index contributed by atoms with van der Waals surface area (Å²) >= 11 is 0. The van der Waals surface area contributed by atoms with Crippen LogP contribution in [-0.2, 0) is 18.3 Å². The second kappa shape index (κ2) is 15.6. The van der Waals surface area contributed by atoms with E-state index in [4.69, 9.17) is 4.74 Å². The predicted molar refractivity (Wildman–Crippen MR) is 283 cm³/mol. The van der Waals surface area contributed by atoms with Crippen LogP contribution in [0.3, 0.4) is 0 Å². The highest BCUT2D eigenvalue weighted by molar-refractivity contribution is 6.10. The Morgan fingerprint density at radius 3 is 2.07 bits per heavy atom. The molecule has 0 spiro atoms. The Hall–Kier alpha value is -8.40. The summed E-state index contributed by atoms with van der Waals surface area (Å²) in [4.78, 5) is 2.48. The molecule has 13 rings (SSSR count). The summed E-state index contributed by atoms with van der Waals surface area (Å²) in [5.41, 5.74) is 23.4. The maximum absolute atomic E-state index is 6.54. The normalized spacial score (nSPS) is 15.4. The van der Waals surface area contributed by atoms with Crippen LogP contribution in [0.25, 0.3) is 72.0 Å². The summed E-state index contributed by atoms with van der Waals surface area (Å²) in [6.07, 6.45) is 7.83. The number of aromatic nitrogens is 1. The smallest absolute Gasteiger partial charge is 0.131 e. The zero-order chi connectivity index (χ0) is 45.5. The van der Waals surface area contributed by atoms with E-state index in [-0.39, 0.29) is 5.41 Å². The minimum absolute atomic E-state index is 0.0692. The molecule has 324 valence electrons. The molecule has 3 nitrogen and oxygen atoms in total. The molecule has 0 atom stereocenters. The molecule has 0 saturated carbocycles. The number of hydrogen-bond donors (Lipinski definition) is 0. The fourth-order valence-electron chi connectivity index (χ4n) is 11.4. The molecule has 68 heavy (non-hydrogen) atoms. The largest absolute Gasteiger partial charge is 0.458 e. The highest BCUT2D eigenvalue weighted by Crippen LogP contribution is 2.51. The fraction of sp³-hybridized carbons (Fsp3) is 0.0769. The molecule has 9 aromatic carbocycles. The van der Waals surface area contributed by atoms with Crippen molar-refractivity contribution in [3.8, 4) is 55.9 Å². The molecule has 3 aliphatic rings. The Labute approximate surface area is 397 Å². The first kappa shape index (κ1) is 39.9. The number of nitrogens with zero attached hydrogens (tertiary/aromatic N) is 2. The number of benzene rings is 9. The number of rotatable bonds is 6. The number of anilines is 2. The van der Waals surface area contributed by atoms with Crippen LogP contribution in [-0.4, -0.2) is 4.57 Å². The van der Waals surface area contributed by atoms with Crippen LogP contribution in [0.4, 0.5) is 11.4 Å². The van der Waals surface area contributed by atoms with E-state index >= 15 is 0 Å². The van der Waals surface area contributed by atoms with Gasteiger partial charge in [0.1, 0.15) is 11.5 Å². The monoisotopic (exact) mass is 872 g/mol. The van der Waals surface area contributed by atoms with E-state index < -0.39 is 0 Å². The third-order valence-electron chi connectivity index (χ3n) is 14.6. The molecule has 0 unspecified atom stereocenters. The van der Waals surface area contributed by atoms with Gasteiger partial charge in [-0.25, -0.2) is 0 Å². The average molecular weight is 873 g/mol. The van der Waals surface area contributed by atoms with Crippen LogP contribution in [0.2, 0.25) is 0 Å². The molecule has 0 fully saturated rings. The zero-order valence-corrected chi connectivity index (χ0v) is 38.2. The molecule has 0 N–H and O–H groups in total. The minimum atomic E-state index is -0.0692. The zero-order valence-electron chi connectivity index (χ0n) is 38.2. The standard InChI is InChI=1S/C65H48N2O/c1-42-15-13-20-52(39-49-37-44(31-36-63(49)68-42)45-30-35-61-57(40-45)56-23-10-12-25-60(56)67(61)50-18-5-4-6-19-50)66(62-26-14-17-48-38-47-16-7-8-21-53(47)64(48)62)51-32-27-43(28-33-51)46-29-34-55-54-22-9-11-24-58(54)65(2,3)59(55)41-46/h4-37,40-41H,1,38-39H2,2-3H3/b15-13-,52-20+. The number of ether oxygens (including phenoxy) is 1. The number of fused-ring (bicyclic) bond motifs is 10. The highest BCUT2D eigenvalue weighted by Gasteiger charge is 2.35. The van der Waals surface area contributed by atoms with Gasteiger partial charge < -0.3 is 14.2 Å². The molecule has 0 bridgehead atoms. The quantitative estimate of drug-likeness (QED) is 0.166. The lowest BCUT2D eigenvalue weighted by atomic mass is 9.81. The second-order valence-electron chi connectivity index (χ2n) is 19.0. The minimum Gasteiger partial charge on any atom is -0.458 e. The lowest BCUT2D eigenvalue weighted by Crippen LogP contribution is -2.19. The molecular formula is C65H48N2O. The van der Waals surface area contributed by atoms with Gasteiger partial charge in [0.2, 0.25) is 0 Å². The van der Waals surface area contributed by atoms with Crippen LogP contribution in [0.15, 0.2) is 236 Å². The van der Waals surface area contributed by atoms with E-state index in [1.54, 1.807) is 0 Å². The average Bonchev–Trinajstić information content (AvgIpc) is 4.01. The molecule has 0 radical (unpaired) electrons. The molecule has 2 aliphatic carbocycles. The Bertz CT molecular complexity index is 3750. The van der Waals surface area contributed by atoms with E-state index in [1.807, 2.05) is 6.08 Å². The molecule has 1 aromatic heterocycles. The van der Waals surface area contributed by atoms with Crippen molar-refractivity contribution < 1.29 is 4.74 Å². The van der Waals surface area contributed by atoms with Crippen molar-refractivity contribution >= 4 is 33.2 Å². The van der Waals surface area contributed by atoms with Crippen molar-refractivity contribution in [1.82, 2.24) is 4.57 Å². The van der Waals surface area contributed by atoms with Gasteiger partial charge in [0, 0.05) is 50.8 Å². The summed E-state index contributed by atoms with van der Waals surface area (Å²) in [6, 6.07) is 73.6. The molecule has 0 amide bonds. The number of hydrogen-bond acceptors (Lipinski definition) is 2. The van der Waals surface area contributed by atoms with E-state index in [2.05, 4.69) is 242 Å². The number of para-hydroxylation sites is 2. The van der Waals surface area contributed by atoms with Crippen molar-refractivity contribution in [3.05, 3.63) is 264 Å². The predicted octanol–water partition coefficient (Wildman–Crippen LogP) is 16.7. The van der Waals surface area contributed by atoms with Gasteiger partial charge in [-0.3, -0.25) is 0 Å². The van der Waals surface area contributed by atoms with Crippen molar-refractivity contribution in [2.45, 2.75) is 32.1 Å². The van der Waals surface area contributed by atoms with E-state index in [9.17, 15) is 0 Å². The number of allylic oxidation sites excluding steroid dienone is 4. The molecule has 1 aliphatic heterocycles. The first-order valence-corrected chi connectivity index (χ1v) is 23.7. The Balaban J connectivity index is 0.929. The molecule has 0 saturated heterocycles. The lowest BCUT2D eigenvalue weighted by Gasteiger charge is -2.31. The lowest BCUT2D eigenvalue weighted by molar-refractivity contribution is 0.442. The van der Waals surface area contributed by atoms with Crippen molar-refractivity contribution in [1.29, 1.82) is 0 Å². The Morgan fingerprint density at radius 1 is 0.515 bits per heavy atom. The first-order chi connectivity index (χ1) is 33.4. The maximum Gasteiger partial charge on any atom is 0.131 e. The summed E-state index contributed by atoms with van der Waals surface area (Å²) in [7, 11) is 0. The summed E-state index contributed by atoms with van der Waals surface area (Å²) < 4.78 is 8.91. The van der Waals surface area contributed by atoms with Crippen LogP contribution in [0.1, 0.15) is 41.7 Å². The molecule has 3 heteroatoms. The Kier molecular flexibility index (Phi) is 9.16. The van der Waals surface area contributed by atoms with Gasteiger partial charge in [-0.05, 0) is 147 Å². The first-order valence-electron chi connectivity index (χ1n) is 23.7. The molecular weight excluding hydrogens is 825 g/mol. The van der Waals surface area contributed by atoms with Gasteiger partial charge in [0.05, 0.1) is 16.7 Å². The highest BCUT2D eigenvalue weighted by atomic mass is 16.5. The van der Waals surface area contributed by atoms with Crippen LogP contribution in [0.5, 0.6) is 5.75 Å². The van der Waals surface area contributed by atoms with Crippen LogP contribution >= 0.6 is 0 Å². The van der Waals surface area contributed by atoms with Crippen LogP contribution in [0, 0.1) is 0 Å². The Morgan fingerprint density at radius 2 is 1.19 bits per heavy atom. The summed E-state index contributed by atoms with van der Waals surface area (Å²) in [5, 5.41) is 2.46. The van der Waals surface area contributed by atoms with Gasteiger partial charge in [0.15, 0.2) is 0 Å². The third-order valence-corrected chi connectivity index (χ3v) is 14.6. The summed E-state index contributed by atoms with van der Waals surface area (Å²) in [5.74, 6) is 1.40. The van der Waals surface area contributed by atoms with Crippen molar-refractivity contribution in [3.63, 3.8) is 0 Å². The van der Waals surface area contributed by atoms with Gasteiger partial charge in [0.25, 0.3) is 0 Å². The molecule has 10 aromatic rings. The van der Waals surface area contributed by atoms with E-state index in [1.165, 1.54) is 77.4 Å². The molecule has 2 heterocycles. The van der Waals surface area contributed by atoms with Gasteiger partial charge >= 0.3 is 0 Å². The second-order valence-corrected chi connectivity index (χ2v) is 19.0.